The average molecular weight is 527 g/mol. The lowest BCUT2D eigenvalue weighted by Crippen LogP contribution is -2.64. The maximum Gasteiger partial charge on any atom is 0.296 e. The van der Waals surface area contributed by atoms with Gasteiger partial charge >= 0.3 is 0 Å². The molecule has 0 spiro atoms. The molecule has 1 fully saturated rings. The standard InChI is InChI=1S/C23H19ClN6O3S2/c24-20-9-8-19(35-20)23(32)25-13-16-14-28(27-26-16)17-5-1-2-6-18(17)30(11-12-33-22(34)15-30)29-10-4-3-7-21(29)31/h1-10,14H,11-13,15H2. The number of rotatable bonds is 6. The van der Waals surface area contributed by atoms with Crippen LogP contribution in [0.5, 0.6) is 0 Å². The molecule has 0 aliphatic carbocycles. The lowest BCUT2D eigenvalue weighted by molar-refractivity contribution is -0.212. The molecule has 0 saturated carbocycles. The van der Waals surface area contributed by atoms with E-state index in [0.717, 1.165) is 11.4 Å². The number of quaternary nitrogens is 1. The van der Waals surface area contributed by atoms with Crippen LogP contribution in [0.15, 0.2) is 76.8 Å². The summed E-state index contributed by atoms with van der Waals surface area (Å²) in [5.41, 5.74) is 1.90. The molecule has 3 aromatic heterocycles. The summed E-state index contributed by atoms with van der Waals surface area (Å²) in [7, 11) is 0. The summed E-state index contributed by atoms with van der Waals surface area (Å²) in [5.74, 6) is -0.355. The number of hydrogen-bond acceptors (Lipinski definition) is 8. The predicted molar refractivity (Wildman–Crippen MR) is 137 cm³/mol. The molecular formula is C23H19ClN6O3S2. The molecule has 1 aliphatic rings. The lowest BCUT2D eigenvalue weighted by Gasteiger charge is -2.40. The first-order valence-corrected chi connectivity index (χ1v) is 12.3. The van der Waals surface area contributed by atoms with Gasteiger partial charge in [-0.3, -0.25) is 9.79 Å². The highest BCUT2D eigenvalue weighted by Gasteiger charge is 2.41. The number of pyridine rings is 1. The van der Waals surface area contributed by atoms with Crippen LogP contribution in [0.1, 0.15) is 10.6 Å². The fourth-order valence-corrected chi connectivity index (χ4v) is 5.29. The largest absolute Gasteiger partial charge is 0.858 e. The fraction of sp³-hybridized carbons (Fsp3) is 0.174. The zero-order valence-electron chi connectivity index (χ0n) is 18.3. The van der Waals surface area contributed by atoms with Gasteiger partial charge in [-0.05, 0) is 42.4 Å². The van der Waals surface area contributed by atoms with Gasteiger partial charge in [0.05, 0.1) is 23.3 Å². The summed E-state index contributed by atoms with van der Waals surface area (Å²) in [6.45, 7) is 1.25. The first kappa shape index (κ1) is 23.4. The molecule has 1 aromatic carbocycles. The van der Waals surface area contributed by atoms with E-state index in [1.807, 2.05) is 30.3 Å². The molecule has 1 saturated heterocycles. The Morgan fingerprint density at radius 2 is 2.06 bits per heavy atom. The highest BCUT2D eigenvalue weighted by Crippen LogP contribution is 2.32. The van der Waals surface area contributed by atoms with E-state index in [4.69, 9.17) is 28.6 Å². The van der Waals surface area contributed by atoms with Crippen LogP contribution in [0.25, 0.3) is 5.69 Å². The van der Waals surface area contributed by atoms with Crippen molar-refractivity contribution in [1.82, 2.24) is 24.3 Å². The van der Waals surface area contributed by atoms with Gasteiger partial charge in [-0.2, -0.15) is 9.27 Å². The molecule has 0 bridgehead atoms. The molecule has 9 nitrogen and oxygen atoms in total. The summed E-state index contributed by atoms with van der Waals surface area (Å²) in [5, 5.41) is 21.2. The molecule has 1 atom stereocenters. The van der Waals surface area contributed by atoms with E-state index in [1.165, 1.54) is 17.4 Å². The molecule has 1 unspecified atom stereocenters. The Bertz CT molecular complexity index is 1480. The Kier molecular flexibility index (Phi) is 6.48. The van der Waals surface area contributed by atoms with E-state index in [9.17, 15) is 9.90 Å². The molecule has 4 heterocycles. The Balaban J connectivity index is 1.53. The summed E-state index contributed by atoms with van der Waals surface area (Å²) < 4.78 is 9.52. The molecule has 0 amide bonds. The lowest BCUT2D eigenvalue weighted by atomic mass is 10.2. The van der Waals surface area contributed by atoms with E-state index in [0.29, 0.717) is 39.7 Å². The number of benzene rings is 1. The summed E-state index contributed by atoms with van der Waals surface area (Å²) in [6, 6.07) is 16.0. The van der Waals surface area contributed by atoms with Crippen LogP contribution in [0.4, 0.5) is 5.69 Å². The average Bonchev–Trinajstić information content (AvgIpc) is 3.52. The van der Waals surface area contributed by atoms with Crippen molar-refractivity contribution in [3.8, 4) is 5.69 Å². The van der Waals surface area contributed by atoms with Crippen molar-refractivity contribution in [3.05, 3.63) is 92.3 Å². The summed E-state index contributed by atoms with van der Waals surface area (Å²) in [6.07, 6.45) is 3.47. The third-order valence-corrected chi connectivity index (χ3v) is 7.08. The van der Waals surface area contributed by atoms with Crippen molar-refractivity contribution >= 4 is 51.8 Å². The summed E-state index contributed by atoms with van der Waals surface area (Å²) in [4.78, 5) is 17.5. The number of hydrogen-bond donors (Lipinski definition) is 0. The van der Waals surface area contributed by atoms with Gasteiger partial charge in [0, 0.05) is 17.0 Å². The third kappa shape index (κ3) is 4.63. The van der Waals surface area contributed by atoms with Crippen molar-refractivity contribution < 1.29 is 9.84 Å². The van der Waals surface area contributed by atoms with Crippen molar-refractivity contribution in [2.24, 2.45) is 4.99 Å². The van der Waals surface area contributed by atoms with Crippen LogP contribution in [-0.2, 0) is 11.3 Å². The Hall–Kier alpha value is -3.38. The number of ether oxygens (including phenoxy) is 1. The number of thiocarbonyl (C=S) groups is 1. The first-order chi connectivity index (χ1) is 17.0. The van der Waals surface area contributed by atoms with Gasteiger partial charge in [0.15, 0.2) is 12.2 Å². The molecule has 0 radical (unpaired) electrons. The van der Waals surface area contributed by atoms with Crippen LogP contribution < -0.4 is 15.3 Å². The minimum atomic E-state index is -0.355. The molecular weight excluding hydrogens is 508 g/mol. The van der Waals surface area contributed by atoms with Gasteiger partial charge in [-0.15, -0.1) is 16.4 Å². The van der Waals surface area contributed by atoms with Crippen molar-refractivity contribution in [1.29, 1.82) is 0 Å². The zero-order chi connectivity index (χ0) is 24.4. The molecule has 12 heteroatoms. The number of aliphatic imine (C=N–C) groups is 1. The van der Waals surface area contributed by atoms with Crippen LogP contribution in [0.2, 0.25) is 4.34 Å². The Labute approximate surface area is 214 Å². The van der Waals surface area contributed by atoms with Crippen molar-refractivity contribution in [3.63, 3.8) is 0 Å². The second-order valence-electron chi connectivity index (χ2n) is 7.78. The van der Waals surface area contributed by atoms with Gasteiger partial charge in [0.2, 0.25) is 5.05 Å². The number of para-hydroxylation sites is 2. The minimum absolute atomic E-state index is 0.0760. The normalized spacial score (nSPS) is 18.4. The minimum Gasteiger partial charge on any atom is -0.858 e. The molecule has 0 N–H and O–H groups in total. The quantitative estimate of drug-likeness (QED) is 0.166. The smallest absolute Gasteiger partial charge is 0.296 e. The molecule has 35 heavy (non-hydrogen) atoms. The van der Waals surface area contributed by atoms with E-state index in [2.05, 4.69) is 15.3 Å². The Morgan fingerprint density at radius 3 is 2.83 bits per heavy atom. The van der Waals surface area contributed by atoms with Gasteiger partial charge in [-0.25, -0.2) is 4.68 Å². The van der Waals surface area contributed by atoms with E-state index >= 15 is 0 Å². The van der Waals surface area contributed by atoms with Gasteiger partial charge < -0.3 is 9.84 Å². The second-order valence-corrected chi connectivity index (χ2v) is 9.95. The summed E-state index contributed by atoms with van der Waals surface area (Å²) >= 11 is 12.5. The number of morpholine rings is 1. The molecule has 4 aromatic rings. The monoisotopic (exact) mass is 526 g/mol. The first-order valence-electron chi connectivity index (χ1n) is 10.7. The number of aromatic nitrogens is 4. The molecule has 1 aliphatic heterocycles. The fourth-order valence-electron chi connectivity index (χ4n) is 4.05. The van der Waals surface area contributed by atoms with Gasteiger partial charge in [0.25, 0.3) is 5.56 Å². The zero-order valence-corrected chi connectivity index (χ0v) is 20.7. The van der Waals surface area contributed by atoms with E-state index in [-0.39, 0.29) is 22.6 Å². The van der Waals surface area contributed by atoms with Crippen LogP contribution in [0.3, 0.4) is 0 Å². The highest BCUT2D eigenvalue weighted by molar-refractivity contribution is 7.80. The van der Waals surface area contributed by atoms with E-state index < -0.39 is 0 Å². The maximum absolute atomic E-state index is 12.9. The Morgan fingerprint density at radius 1 is 1.23 bits per heavy atom. The third-order valence-electron chi connectivity index (χ3n) is 5.62. The van der Waals surface area contributed by atoms with Crippen molar-refractivity contribution in [2.75, 3.05) is 19.7 Å². The number of nitrogens with zero attached hydrogens (tertiary/aromatic N) is 6. The highest BCUT2D eigenvalue weighted by atomic mass is 35.5. The van der Waals surface area contributed by atoms with Crippen LogP contribution in [-0.4, -0.2) is 50.3 Å². The molecule has 178 valence electrons. The van der Waals surface area contributed by atoms with Gasteiger partial charge in [0.1, 0.15) is 24.5 Å². The number of thiophene rings is 1. The van der Waals surface area contributed by atoms with Crippen LogP contribution >= 0.6 is 35.2 Å². The molecule has 5 rings (SSSR count). The maximum atomic E-state index is 12.9. The van der Waals surface area contributed by atoms with Crippen molar-refractivity contribution in [2.45, 2.75) is 6.54 Å². The topological polar surface area (TPSA) is 97.4 Å². The second kappa shape index (κ2) is 9.70. The number of halogens is 1. The van der Waals surface area contributed by atoms with Gasteiger partial charge in [-0.1, -0.05) is 35.0 Å². The SMILES string of the molecule is O=c1ccccn1[N+]1(c2ccccc2-n2cc(CN=C([O-])c3ccc(Cl)s3)nn2)CCOC(=S)C1. The van der Waals surface area contributed by atoms with E-state index in [1.54, 1.807) is 40.0 Å². The predicted octanol–water partition coefficient (Wildman–Crippen LogP) is 2.58. The van der Waals surface area contributed by atoms with Crippen LogP contribution in [0, 0.1) is 0 Å².